The minimum Gasteiger partial charge on any atom is -0.464 e. The van der Waals surface area contributed by atoms with Crippen molar-refractivity contribution < 1.29 is 19.1 Å². The predicted molar refractivity (Wildman–Crippen MR) is 87.7 cm³/mol. The Hall–Kier alpha value is -1.26. The van der Waals surface area contributed by atoms with E-state index in [-0.39, 0.29) is 11.9 Å². The minimum absolute atomic E-state index is 0.0359. The summed E-state index contributed by atoms with van der Waals surface area (Å²) in [6.07, 6.45) is 7.06. The molecule has 0 aliphatic rings. The van der Waals surface area contributed by atoms with Gasteiger partial charge in [-0.15, -0.1) is 0 Å². The molecule has 5 nitrogen and oxygen atoms in total. The van der Waals surface area contributed by atoms with Crippen molar-refractivity contribution in [2.24, 2.45) is 5.92 Å². The average molecular weight is 315 g/mol. The van der Waals surface area contributed by atoms with E-state index in [1.165, 1.54) is 25.7 Å². The lowest BCUT2D eigenvalue weighted by Gasteiger charge is -2.20. The number of rotatable bonds is 12. The molecule has 0 aromatic rings. The molecule has 0 radical (unpaired) electrons. The number of ether oxygens (including phenoxy) is 2. The van der Waals surface area contributed by atoms with Crippen LogP contribution in [0.5, 0.6) is 0 Å². The summed E-state index contributed by atoms with van der Waals surface area (Å²) in [5, 5.41) is 2.58. The van der Waals surface area contributed by atoms with Crippen molar-refractivity contribution in [1.82, 2.24) is 5.32 Å². The molecule has 1 unspecified atom stereocenters. The maximum absolute atomic E-state index is 12.0. The molecule has 0 bridgehead atoms. The van der Waals surface area contributed by atoms with Gasteiger partial charge in [0, 0.05) is 0 Å². The van der Waals surface area contributed by atoms with E-state index >= 15 is 0 Å². The molecule has 0 saturated heterocycles. The first kappa shape index (κ1) is 20.7. The van der Waals surface area contributed by atoms with Crippen molar-refractivity contribution in [3.63, 3.8) is 0 Å². The SMILES string of the molecule is CCCCCCCCOC(=O)C(NC(=O)OCCC)C(C)C. The second kappa shape index (κ2) is 13.4. The first-order chi connectivity index (χ1) is 10.5. The number of hydrogen-bond donors (Lipinski definition) is 1. The number of nitrogens with one attached hydrogen (secondary N) is 1. The molecule has 0 aliphatic carbocycles. The van der Waals surface area contributed by atoms with E-state index in [0.29, 0.717) is 13.2 Å². The second-order valence-electron chi connectivity index (χ2n) is 5.94. The Labute approximate surface area is 135 Å². The number of hydrogen-bond acceptors (Lipinski definition) is 4. The highest BCUT2D eigenvalue weighted by molar-refractivity contribution is 5.81. The van der Waals surface area contributed by atoms with Crippen LogP contribution in [0.2, 0.25) is 0 Å². The summed E-state index contributed by atoms with van der Waals surface area (Å²) in [5.74, 6) is -0.414. The van der Waals surface area contributed by atoms with Crippen LogP contribution in [-0.4, -0.2) is 31.3 Å². The maximum atomic E-state index is 12.0. The monoisotopic (exact) mass is 315 g/mol. The summed E-state index contributed by atoms with van der Waals surface area (Å²) >= 11 is 0. The molecule has 22 heavy (non-hydrogen) atoms. The van der Waals surface area contributed by atoms with Crippen LogP contribution in [0.1, 0.15) is 72.6 Å². The van der Waals surface area contributed by atoms with Crippen LogP contribution in [0.4, 0.5) is 4.79 Å². The molecule has 1 N–H and O–H groups in total. The van der Waals surface area contributed by atoms with Crippen molar-refractivity contribution in [2.45, 2.75) is 78.7 Å². The highest BCUT2D eigenvalue weighted by Crippen LogP contribution is 2.08. The quantitative estimate of drug-likeness (QED) is 0.436. The number of carbonyl (C=O) groups is 2. The number of alkyl carbamates (subject to hydrolysis) is 1. The van der Waals surface area contributed by atoms with Gasteiger partial charge in [0.1, 0.15) is 6.04 Å². The van der Waals surface area contributed by atoms with Gasteiger partial charge in [0.05, 0.1) is 13.2 Å². The lowest BCUT2D eigenvalue weighted by atomic mass is 10.1. The summed E-state index contributed by atoms with van der Waals surface area (Å²) in [4.78, 5) is 23.6. The fourth-order valence-corrected chi connectivity index (χ4v) is 2.01. The van der Waals surface area contributed by atoms with Crippen molar-refractivity contribution in [2.75, 3.05) is 13.2 Å². The first-order valence-electron chi connectivity index (χ1n) is 8.62. The van der Waals surface area contributed by atoms with Crippen LogP contribution in [0.15, 0.2) is 0 Å². The van der Waals surface area contributed by atoms with Gasteiger partial charge in [0.2, 0.25) is 0 Å². The van der Waals surface area contributed by atoms with E-state index in [2.05, 4.69) is 12.2 Å². The fourth-order valence-electron chi connectivity index (χ4n) is 2.01. The van der Waals surface area contributed by atoms with Crippen molar-refractivity contribution >= 4 is 12.1 Å². The van der Waals surface area contributed by atoms with Crippen LogP contribution in [0, 0.1) is 5.92 Å². The number of amides is 1. The van der Waals surface area contributed by atoms with E-state index in [4.69, 9.17) is 9.47 Å². The van der Waals surface area contributed by atoms with Crippen molar-refractivity contribution in [3.8, 4) is 0 Å². The standard InChI is InChI=1S/C17H33NO4/c1-5-7-8-9-10-11-13-21-16(19)15(14(3)4)18-17(20)22-12-6-2/h14-15H,5-13H2,1-4H3,(H,18,20). The average Bonchev–Trinajstić information content (AvgIpc) is 2.49. The Morgan fingerprint density at radius 1 is 0.864 bits per heavy atom. The van der Waals surface area contributed by atoms with Crippen LogP contribution in [-0.2, 0) is 14.3 Å². The molecule has 0 spiro atoms. The predicted octanol–water partition coefficient (Wildman–Crippen LogP) is 4.05. The zero-order valence-corrected chi connectivity index (χ0v) is 14.7. The van der Waals surface area contributed by atoms with E-state index in [1.54, 1.807) is 0 Å². The second-order valence-corrected chi connectivity index (χ2v) is 5.94. The van der Waals surface area contributed by atoms with Gasteiger partial charge in [-0.2, -0.15) is 0 Å². The normalized spacial score (nSPS) is 12.0. The number of unbranched alkanes of at least 4 members (excludes halogenated alkanes) is 5. The molecule has 0 aromatic heterocycles. The molecule has 130 valence electrons. The summed E-state index contributed by atoms with van der Waals surface area (Å²) in [7, 11) is 0. The van der Waals surface area contributed by atoms with Gasteiger partial charge in [-0.3, -0.25) is 0 Å². The third-order valence-electron chi connectivity index (χ3n) is 3.37. The van der Waals surface area contributed by atoms with E-state index in [0.717, 1.165) is 19.3 Å². The Morgan fingerprint density at radius 3 is 2.09 bits per heavy atom. The molecule has 0 aromatic carbocycles. The minimum atomic E-state index is -0.649. The van der Waals surface area contributed by atoms with Gasteiger partial charge < -0.3 is 14.8 Å². The van der Waals surface area contributed by atoms with Gasteiger partial charge in [-0.1, -0.05) is 59.8 Å². The zero-order chi connectivity index (χ0) is 16.8. The molecule has 5 heteroatoms. The third kappa shape index (κ3) is 10.5. The molecule has 0 saturated carbocycles. The lowest BCUT2D eigenvalue weighted by molar-refractivity contribution is -0.147. The molecular formula is C17H33NO4. The van der Waals surface area contributed by atoms with Crippen LogP contribution >= 0.6 is 0 Å². The van der Waals surface area contributed by atoms with Crippen molar-refractivity contribution in [3.05, 3.63) is 0 Å². The summed E-state index contributed by atoms with van der Waals surface area (Å²) < 4.78 is 10.2. The summed E-state index contributed by atoms with van der Waals surface area (Å²) in [6.45, 7) is 8.62. The van der Waals surface area contributed by atoms with Crippen molar-refractivity contribution in [1.29, 1.82) is 0 Å². The van der Waals surface area contributed by atoms with E-state index < -0.39 is 12.1 Å². The third-order valence-corrected chi connectivity index (χ3v) is 3.37. The van der Waals surface area contributed by atoms with Gasteiger partial charge in [-0.25, -0.2) is 9.59 Å². The first-order valence-corrected chi connectivity index (χ1v) is 8.62. The van der Waals surface area contributed by atoms with Gasteiger partial charge in [0.15, 0.2) is 0 Å². The highest BCUT2D eigenvalue weighted by Gasteiger charge is 2.26. The maximum Gasteiger partial charge on any atom is 0.407 e. The Balaban J connectivity index is 3.97. The summed E-state index contributed by atoms with van der Waals surface area (Å²) in [5.41, 5.74) is 0. The Morgan fingerprint density at radius 2 is 1.50 bits per heavy atom. The zero-order valence-electron chi connectivity index (χ0n) is 14.7. The molecule has 1 amide bonds. The number of esters is 1. The summed E-state index contributed by atoms with van der Waals surface area (Å²) in [6, 6.07) is -0.649. The molecule has 0 rings (SSSR count). The fraction of sp³-hybridized carbons (Fsp3) is 0.882. The Bertz CT molecular complexity index is 305. The molecule has 1 atom stereocenters. The lowest BCUT2D eigenvalue weighted by Crippen LogP contribution is -2.45. The molecule has 0 aliphatic heterocycles. The van der Waals surface area contributed by atoms with Gasteiger partial charge >= 0.3 is 12.1 Å². The topological polar surface area (TPSA) is 64.6 Å². The molecular weight excluding hydrogens is 282 g/mol. The number of carbonyl (C=O) groups excluding carboxylic acids is 2. The van der Waals surface area contributed by atoms with E-state index in [1.807, 2.05) is 20.8 Å². The molecule has 0 fully saturated rings. The van der Waals surface area contributed by atoms with Crippen LogP contribution in [0.25, 0.3) is 0 Å². The van der Waals surface area contributed by atoms with Crippen LogP contribution < -0.4 is 5.32 Å². The smallest absolute Gasteiger partial charge is 0.407 e. The Kier molecular flexibility index (Phi) is 12.6. The largest absolute Gasteiger partial charge is 0.464 e. The van der Waals surface area contributed by atoms with Gasteiger partial charge in [-0.05, 0) is 18.8 Å². The molecule has 0 heterocycles. The van der Waals surface area contributed by atoms with E-state index in [9.17, 15) is 9.59 Å². The highest BCUT2D eigenvalue weighted by atomic mass is 16.6. The van der Waals surface area contributed by atoms with Crippen LogP contribution in [0.3, 0.4) is 0 Å². The van der Waals surface area contributed by atoms with Gasteiger partial charge in [0.25, 0.3) is 0 Å².